The van der Waals surface area contributed by atoms with E-state index in [0.717, 1.165) is 0 Å². The number of aromatic nitrogens is 2. The lowest BCUT2D eigenvalue weighted by atomic mass is 10.2. The number of nitrogens with zero attached hydrogens (tertiary/aromatic N) is 2. The van der Waals surface area contributed by atoms with Crippen molar-refractivity contribution in [3.8, 4) is 23.0 Å². The first-order chi connectivity index (χ1) is 12.1. The van der Waals surface area contributed by atoms with Crippen molar-refractivity contribution in [2.75, 3.05) is 19.5 Å². The third-order valence-corrected chi connectivity index (χ3v) is 3.58. The molecule has 1 aromatic heterocycles. The Hall–Kier alpha value is -3.06. The number of nitrogens with one attached hydrogen (secondary N) is 1. The Morgan fingerprint density at radius 1 is 1.12 bits per heavy atom. The van der Waals surface area contributed by atoms with Gasteiger partial charge in [0.2, 0.25) is 5.89 Å². The van der Waals surface area contributed by atoms with Crippen molar-refractivity contribution in [1.29, 1.82) is 0 Å². The molecule has 0 saturated carbocycles. The van der Waals surface area contributed by atoms with Crippen LogP contribution in [0, 0.1) is 0 Å². The zero-order valence-electron chi connectivity index (χ0n) is 13.4. The van der Waals surface area contributed by atoms with Gasteiger partial charge in [-0.2, -0.15) is 0 Å². The van der Waals surface area contributed by atoms with Gasteiger partial charge in [-0.25, -0.2) is 0 Å². The molecule has 25 heavy (non-hydrogen) atoms. The van der Waals surface area contributed by atoms with E-state index >= 15 is 0 Å². The summed E-state index contributed by atoms with van der Waals surface area (Å²) in [5, 5.41) is 10.8. The van der Waals surface area contributed by atoms with Gasteiger partial charge >= 0.3 is 11.8 Å². The van der Waals surface area contributed by atoms with Gasteiger partial charge in [0.15, 0.2) is 0 Å². The molecule has 0 atom stereocenters. The number of anilines is 1. The fourth-order valence-electron chi connectivity index (χ4n) is 2.14. The molecule has 0 aliphatic carbocycles. The molecule has 0 unspecified atom stereocenters. The van der Waals surface area contributed by atoms with Crippen LogP contribution in [0.3, 0.4) is 0 Å². The van der Waals surface area contributed by atoms with Crippen molar-refractivity contribution in [2.24, 2.45) is 0 Å². The van der Waals surface area contributed by atoms with Gasteiger partial charge in [-0.3, -0.25) is 4.79 Å². The van der Waals surface area contributed by atoms with Crippen LogP contribution in [-0.4, -0.2) is 30.3 Å². The van der Waals surface area contributed by atoms with Gasteiger partial charge in [-0.1, -0.05) is 17.7 Å². The number of ether oxygens (including phenoxy) is 2. The standard InChI is InChI=1S/C17H14ClN3O4/c1-23-12-5-3-4-10(8-12)16-20-21-17(25-16)15(22)19-13-9-11(18)6-7-14(13)24-2/h3-9H,1-2H3,(H,19,22). The number of carbonyl (C=O) groups is 1. The minimum atomic E-state index is -0.567. The van der Waals surface area contributed by atoms with Gasteiger partial charge < -0.3 is 19.2 Å². The smallest absolute Gasteiger partial charge is 0.313 e. The molecular formula is C17H14ClN3O4. The summed E-state index contributed by atoms with van der Waals surface area (Å²) < 4.78 is 15.8. The molecule has 1 N–H and O–H groups in total. The molecule has 128 valence electrons. The van der Waals surface area contributed by atoms with Crippen LogP contribution in [0.2, 0.25) is 5.02 Å². The molecular weight excluding hydrogens is 346 g/mol. The average Bonchev–Trinajstić information content (AvgIpc) is 3.12. The number of halogens is 1. The normalized spacial score (nSPS) is 10.4. The third-order valence-electron chi connectivity index (χ3n) is 3.35. The Morgan fingerprint density at radius 3 is 2.72 bits per heavy atom. The molecule has 0 saturated heterocycles. The number of benzene rings is 2. The van der Waals surface area contributed by atoms with Crippen LogP contribution in [0.5, 0.6) is 11.5 Å². The van der Waals surface area contributed by atoms with Gasteiger partial charge in [-0.05, 0) is 36.4 Å². The van der Waals surface area contributed by atoms with Crippen LogP contribution in [0.1, 0.15) is 10.7 Å². The first kappa shape index (κ1) is 16.8. The lowest BCUT2D eigenvalue weighted by Gasteiger charge is -2.08. The number of hydrogen-bond donors (Lipinski definition) is 1. The zero-order valence-corrected chi connectivity index (χ0v) is 14.2. The second-order valence-electron chi connectivity index (χ2n) is 4.94. The maximum atomic E-state index is 12.3. The van der Waals surface area contributed by atoms with Crippen molar-refractivity contribution >= 4 is 23.2 Å². The summed E-state index contributed by atoms with van der Waals surface area (Å²) in [6, 6.07) is 12.0. The predicted octanol–water partition coefficient (Wildman–Crippen LogP) is 3.66. The van der Waals surface area contributed by atoms with E-state index in [0.29, 0.717) is 27.8 Å². The molecule has 3 aromatic rings. The first-order valence-electron chi connectivity index (χ1n) is 7.23. The lowest BCUT2D eigenvalue weighted by molar-refractivity contribution is 0.0990. The highest BCUT2D eigenvalue weighted by Gasteiger charge is 2.18. The van der Waals surface area contributed by atoms with Crippen molar-refractivity contribution in [1.82, 2.24) is 10.2 Å². The van der Waals surface area contributed by atoms with Gasteiger partial charge in [0, 0.05) is 10.6 Å². The van der Waals surface area contributed by atoms with Crippen LogP contribution < -0.4 is 14.8 Å². The van der Waals surface area contributed by atoms with E-state index in [-0.39, 0.29) is 11.8 Å². The minimum Gasteiger partial charge on any atom is -0.497 e. The maximum Gasteiger partial charge on any atom is 0.313 e. The topological polar surface area (TPSA) is 86.5 Å². The second kappa shape index (κ2) is 7.23. The third kappa shape index (κ3) is 3.72. The van der Waals surface area contributed by atoms with Gasteiger partial charge in [0.1, 0.15) is 11.5 Å². The number of carbonyl (C=O) groups excluding carboxylic acids is 1. The van der Waals surface area contributed by atoms with Crippen molar-refractivity contribution in [3.63, 3.8) is 0 Å². The van der Waals surface area contributed by atoms with Crippen molar-refractivity contribution in [2.45, 2.75) is 0 Å². The van der Waals surface area contributed by atoms with Crippen molar-refractivity contribution in [3.05, 3.63) is 53.4 Å². The van der Waals surface area contributed by atoms with E-state index < -0.39 is 5.91 Å². The van der Waals surface area contributed by atoms with Crippen molar-refractivity contribution < 1.29 is 18.7 Å². The highest BCUT2D eigenvalue weighted by molar-refractivity contribution is 6.31. The Balaban J connectivity index is 1.82. The summed E-state index contributed by atoms with van der Waals surface area (Å²) in [6.07, 6.45) is 0. The van der Waals surface area contributed by atoms with Gasteiger partial charge in [-0.15, -0.1) is 10.2 Å². The first-order valence-corrected chi connectivity index (χ1v) is 7.61. The fraction of sp³-hybridized carbons (Fsp3) is 0.118. The predicted molar refractivity (Wildman–Crippen MR) is 92.2 cm³/mol. The van der Waals surface area contributed by atoms with Crippen LogP contribution in [0.15, 0.2) is 46.9 Å². The molecule has 3 rings (SSSR count). The largest absolute Gasteiger partial charge is 0.497 e. The molecule has 0 aliphatic heterocycles. The summed E-state index contributed by atoms with van der Waals surface area (Å²) in [5.41, 5.74) is 1.05. The van der Waals surface area contributed by atoms with Crippen LogP contribution in [0.4, 0.5) is 5.69 Å². The Bertz CT molecular complexity index is 910. The molecule has 8 heteroatoms. The molecule has 0 aliphatic rings. The van der Waals surface area contributed by atoms with E-state index in [4.69, 9.17) is 25.5 Å². The summed E-state index contributed by atoms with van der Waals surface area (Å²) in [7, 11) is 3.05. The molecule has 2 aromatic carbocycles. The molecule has 0 fully saturated rings. The van der Waals surface area contributed by atoms with Gasteiger partial charge in [0.05, 0.1) is 19.9 Å². The Morgan fingerprint density at radius 2 is 1.96 bits per heavy atom. The Labute approximate surface area is 148 Å². The van der Waals surface area contributed by atoms with E-state index in [1.54, 1.807) is 49.6 Å². The fourth-order valence-corrected chi connectivity index (χ4v) is 2.31. The number of amides is 1. The molecule has 0 spiro atoms. The highest BCUT2D eigenvalue weighted by Crippen LogP contribution is 2.28. The summed E-state index contributed by atoms with van der Waals surface area (Å²) >= 11 is 5.95. The summed E-state index contributed by atoms with van der Waals surface area (Å²) in [5.74, 6) is 0.569. The van der Waals surface area contributed by atoms with E-state index in [9.17, 15) is 4.79 Å². The number of hydrogen-bond acceptors (Lipinski definition) is 6. The summed E-state index contributed by atoms with van der Waals surface area (Å²) in [4.78, 5) is 12.3. The van der Waals surface area contributed by atoms with Crippen LogP contribution in [0.25, 0.3) is 11.5 Å². The SMILES string of the molecule is COc1cccc(-c2nnc(C(=O)Nc3cc(Cl)ccc3OC)o2)c1. The lowest BCUT2D eigenvalue weighted by Crippen LogP contribution is -2.13. The molecule has 7 nitrogen and oxygen atoms in total. The highest BCUT2D eigenvalue weighted by atomic mass is 35.5. The molecule has 1 amide bonds. The average molecular weight is 360 g/mol. The molecule has 1 heterocycles. The Kier molecular flexibility index (Phi) is 4.85. The van der Waals surface area contributed by atoms with Gasteiger partial charge in [0.25, 0.3) is 0 Å². The van der Waals surface area contributed by atoms with E-state index in [1.807, 2.05) is 0 Å². The van der Waals surface area contributed by atoms with Crippen LogP contribution >= 0.6 is 11.6 Å². The molecule has 0 radical (unpaired) electrons. The number of methoxy groups -OCH3 is 2. The maximum absolute atomic E-state index is 12.3. The number of rotatable bonds is 5. The van der Waals surface area contributed by atoms with Crippen LogP contribution in [-0.2, 0) is 0 Å². The van der Waals surface area contributed by atoms with E-state index in [2.05, 4.69) is 15.5 Å². The summed E-state index contributed by atoms with van der Waals surface area (Å²) in [6.45, 7) is 0. The molecule has 0 bridgehead atoms. The monoisotopic (exact) mass is 359 g/mol. The minimum absolute atomic E-state index is 0.181. The second-order valence-corrected chi connectivity index (χ2v) is 5.38. The zero-order chi connectivity index (χ0) is 17.8. The van der Waals surface area contributed by atoms with E-state index in [1.165, 1.54) is 7.11 Å². The quantitative estimate of drug-likeness (QED) is 0.748.